The molecule has 0 radical (unpaired) electrons. The number of nitrogens with zero attached hydrogens (tertiary/aromatic N) is 1. The molecule has 3 nitrogen and oxygen atoms in total. The first-order chi connectivity index (χ1) is 9.84. The van der Waals surface area contributed by atoms with Gasteiger partial charge in [0.05, 0.1) is 6.20 Å². The van der Waals surface area contributed by atoms with Gasteiger partial charge >= 0.3 is 0 Å². The van der Waals surface area contributed by atoms with Crippen LogP contribution in [0.2, 0.25) is 0 Å². The number of nitrogens with one attached hydrogen (secondary N) is 2. The van der Waals surface area contributed by atoms with Crippen LogP contribution in [0.15, 0.2) is 35.8 Å². The van der Waals surface area contributed by atoms with Gasteiger partial charge in [0.2, 0.25) is 0 Å². The summed E-state index contributed by atoms with van der Waals surface area (Å²) in [5.74, 6) is 0. The van der Waals surface area contributed by atoms with E-state index in [1.165, 1.54) is 26.9 Å². The summed E-state index contributed by atoms with van der Waals surface area (Å²) in [5, 5.41) is 14.2. The average Bonchev–Trinajstić information content (AvgIpc) is 3.06. The monoisotopic (exact) mass is 285 g/mol. The highest BCUT2D eigenvalue weighted by Crippen LogP contribution is 2.25. The molecule has 0 bridgehead atoms. The van der Waals surface area contributed by atoms with Crippen molar-refractivity contribution < 1.29 is 0 Å². The second kappa shape index (κ2) is 6.20. The molecule has 3 rings (SSSR count). The lowest BCUT2D eigenvalue weighted by Crippen LogP contribution is -2.15. The highest BCUT2D eigenvalue weighted by molar-refractivity contribution is 7.17. The van der Waals surface area contributed by atoms with Gasteiger partial charge in [-0.25, -0.2) is 0 Å². The molecule has 2 N–H and O–H groups in total. The van der Waals surface area contributed by atoms with Crippen LogP contribution in [0.1, 0.15) is 23.2 Å². The third-order valence-electron chi connectivity index (χ3n) is 3.61. The highest BCUT2D eigenvalue weighted by Gasteiger charge is 2.03. The molecule has 0 saturated heterocycles. The second-order valence-corrected chi connectivity index (χ2v) is 5.97. The molecule has 0 aliphatic rings. The van der Waals surface area contributed by atoms with E-state index in [1.54, 1.807) is 0 Å². The lowest BCUT2D eigenvalue weighted by molar-refractivity contribution is 0.651. The molecule has 2 heterocycles. The van der Waals surface area contributed by atoms with Crippen LogP contribution < -0.4 is 5.32 Å². The Bertz CT molecular complexity index is 684. The predicted molar refractivity (Wildman–Crippen MR) is 85.2 cm³/mol. The van der Waals surface area contributed by atoms with Crippen molar-refractivity contribution in [2.45, 2.75) is 26.3 Å². The molecule has 104 valence electrons. The van der Waals surface area contributed by atoms with Crippen LogP contribution >= 0.6 is 11.3 Å². The zero-order valence-electron chi connectivity index (χ0n) is 11.6. The maximum absolute atomic E-state index is 4.05. The Labute approximate surface area is 123 Å². The van der Waals surface area contributed by atoms with Gasteiger partial charge in [0.15, 0.2) is 0 Å². The van der Waals surface area contributed by atoms with E-state index in [-0.39, 0.29) is 0 Å². The summed E-state index contributed by atoms with van der Waals surface area (Å²) in [5.41, 5.74) is 3.92. The number of hydrogen-bond acceptors (Lipinski definition) is 3. The first-order valence-electron chi connectivity index (χ1n) is 6.99. The molecule has 2 aromatic heterocycles. The molecular weight excluding hydrogens is 266 g/mol. The average molecular weight is 285 g/mol. The Morgan fingerprint density at radius 2 is 2.15 bits per heavy atom. The quantitative estimate of drug-likeness (QED) is 0.679. The third kappa shape index (κ3) is 2.92. The minimum Gasteiger partial charge on any atom is -0.313 e. The van der Waals surface area contributed by atoms with Crippen molar-refractivity contribution in [1.82, 2.24) is 15.5 Å². The van der Waals surface area contributed by atoms with E-state index in [4.69, 9.17) is 0 Å². The molecule has 0 fully saturated rings. The van der Waals surface area contributed by atoms with Crippen LogP contribution in [-0.4, -0.2) is 16.7 Å². The predicted octanol–water partition coefficient (Wildman–Crippen LogP) is 3.66. The lowest BCUT2D eigenvalue weighted by atomic mass is 10.1. The van der Waals surface area contributed by atoms with Crippen LogP contribution in [-0.2, 0) is 13.0 Å². The largest absolute Gasteiger partial charge is 0.313 e. The Kier molecular flexibility index (Phi) is 4.14. The number of thiophene rings is 1. The van der Waals surface area contributed by atoms with Gasteiger partial charge in [0.1, 0.15) is 0 Å². The molecule has 0 saturated carbocycles. The van der Waals surface area contributed by atoms with Crippen LogP contribution in [0, 0.1) is 6.92 Å². The van der Waals surface area contributed by atoms with Crippen molar-refractivity contribution >= 4 is 21.4 Å². The van der Waals surface area contributed by atoms with Crippen LogP contribution in [0.3, 0.4) is 0 Å². The molecule has 4 heteroatoms. The summed E-state index contributed by atoms with van der Waals surface area (Å²) in [6.45, 7) is 4.07. The Hall–Kier alpha value is -1.65. The molecule has 1 aromatic carbocycles. The van der Waals surface area contributed by atoms with Gasteiger partial charge in [-0.1, -0.05) is 18.2 Å². The van der Waals surface area contributed by atoms with Gasteiger partial charge in [0, 0.05) is 16.9 Å². The molecule has 3 aromatic rings. The smallest absolute Gasteiger partial charge is 0.0522 e. The fraction of sp³-hybridized carbons (Fsp3) is 0.312. The molecule has 0 aliphatic carbocycles. The number of hydrogen-bond donors (Lipinski definition) is 2. The molecule has 0 spiro atoms. The fourth-order valence-corrected chi connectivity index (χ4v) is 3.39. The number of aromatic amines is 1. The van der Waals surface area contributed by atoms with E-state index < -0.39 is 0 Å². The van der Waals surface area contributed by atoms with E-state index in [1.807, 2.05) is 17.5 Å². The molecule has 0 unspecified atom stereocenters. The number of aromatic nitrogens is 2. The second-order valence-electron chi connectivity index (χ2n) is 5.06. The first-order valence-corrected chi connectivity index (χ1v) is 7.87. The van der Waals surface area contributed by atoms with Gasteiger partial charge in [0.25, 0.3) is 0 Å². The minimum atomic E-state index is 0.953. The zero-order valence-corrected chi connectivity index (χ0v) is 12.5. The Morgan fingerprint density at radius 3 is 3.00 bits per heavy atom. The maximum atomic E-state index is 4.05. The number of benzene rings is 1. The third-order valence-corrected chi connectivity index (χ3v) is 4.62. The SMILES string of the molecule is Cc1[nH]ncc1CCCNCc1csc2ccccc12. The molecular formula is C16H19N3S. The van der Waals surface area contributed by atoms with Gasteiger partial charge in [-0.05, 0) is 54.3 Å². The van der Waals surface area contributed by atoms with E-state index in [0.717, 1.165) is 25.9 Å². The Balaban J connectivity index is 1.47. The standard InChI is InChI=1S/C16H19N3S/c1-12-13(10-18-19-12)5-4-8-17-9-14-11-20-16-7-3-2-6-15(14)16/h2-3,6-7,10-11,17H,4-5,8-9H2,1H3,(H,18,19). The van der Waals surface area contributed by atoms with Crippen molar-refractivity contribution in [2.24, 2.45) is 0 Å². The van der Waals surface area contributed by atoms with Crippen molar-refractivity contribution in [3.63, 3.8) is 0 Å². The summed E-state index contributed by atoms with van der Waals surface area (Å²) >= 11 is 1.83. The fourth-order valence-electron chi connectivity index (χ4n) is 2.42. The van der Waals surface area contributed by atoms with Crippen LogP contribution in [0.4, 0.5) is 0 Å². The van der Waals surface area contributed by atoms with Gasteiger partial charge in [-0.3, -0.25) is 5.10 Å². The topological polar surface area (TPSA) is 40.7 Å². The summed E-state index contributed by atoms with van der Waals surface area (Å²) in [7, 11) is 0. The summed E-state index contributed by atoms with van der Waals surface area (Å²) in [6.07, 6.45) is 4.16. The van der Waals surface area contributed by atoms with Crippen molar-refractivity contribution in [3.05, 3.63) is 52.7 Å². The highest BCUT2D eigenvalue weighted by atomic mass is 32.1. The Morgan fingerprint density at radius 1 is 1.25 bits per heavy atom. The van der Waals surface area contributed by atoms with Crippen molar-refractivity contribution in [2.75, 3.05) is 6.54 Å². The molecule has 0 amide bonds. The summed E-state index contributed by atoms with van der Waals surface area (Å²) in [4.78, 5) is 0. The van der Waals surface area contributed by atoms with Crippen molar-refractivity contribution in [3.8, 4) is 0 Å². The number of aryl methyl sites for hydroxylation is 2. The lowest BCUT2D eigenvalue weighted by Gasteiger charge is -2.04. The summed E-state index contributed by atoms with van der Waals surface area (Å²) < 4.78 is 1.37. The molecule has 20 heavy (non-hydrogen) atoms. The normalized spacial score (nSPS) is 11.2. The van der Waals surface area contributed by atoms with Gasteiger partial charge < -0.3 is 5.32 Å². The number of rotatable bonds is 6. The van der Waals surface area contributed by atoms with Gasteiger partial charge in [-0.2, -0.15) is 5.10 Å². The maximum Gasteiger partial charge on any atom is 0.0522 e. The van der Waals surface area contributed by atoms with Crippen LogP contribution in [0.5, 0.6) is 0 Å². The number of fused-ring (bicyclic) bond motifs is 1. The van der Waals surface area contributed by atoms with Crippen LogP contribution in [0.25, 0.3) is 10.1 Å². The van der Waals surface area contributed by atoms with E-state index >= 15 is 0 Å². The van der Waals surface area contributed by atoms with E-state index in [9.17, 15) is 0 Å². The van der Waals surface area contributed by atoms with Crippen molar-refractivity contribution in [1.29, 1.82) is 0 Å². The molecule has 0 atom stereocenters. The number of H-pyrrole nitrogens is 1. The van der Waals surface area contributed by atoms with Gasteiger partial charge in [-0.15, -0.1) is 11.3 Å². The van der Waals surface area contributed by atoms with E-state index in [0.29, 0.717) is 0 Å². The molecule has 0 aliphatic heterocycles. The first kappa shape index (κ1) is 13.3. The summed E-state index contributed by atoms with van der Waals surface area (Å²) in [6, 6.07) is 8.60. The zero-order chi connectivity index (χ0) is 13.8. The van der Waals surface area contributed by atoms with E-state index in [2.05, 4.69) is 52.1 Å². The minimum absolute atomic E-state index is 0.953.